The molecule has 1 aromatic rings. The molecule has 0 aliphatic rings. The Kier molecular flexibility index (Phi) is 6.95. The largest absolute Gasteiger partial charge is 0.459 e. The van der Waals surface area contributed by atoms with Crippen LogP contribution in [0.5, 0.6) is 0 Å². The van der Waals surface area contributed by atoms with Crippen molar-refractivity contribution in [3.05, 3.63) is 29.8 Å². The summed E-state index contributed by atoms with van der Waals surface area (Å²) in [6.07, 6.45) is 0.0482. The van der Waals surface area contributed by atoms with E-state index in [0.717, 1.165) is 0 Å². The first kappa shape index (κ1) is 19.7. The number of carbonyl (C=O) groups excluding carboxylic acids is 3. The van der Waals surface area contributed by atoms with Gasteiger partial charge in [0.2, 0.25) is 0 Å². The minimum absolute atomic E-state index is 0.187. The van der Waals surface area contributed by atoms with Crippen molar-refractivity contribution >= 4 is 23.5 Å². The smallest absolute Gasteiger partial charge is 0.338 e. The lowest BCUT2D eigenvalue weighted by molar-refractivity contribution is -0.149. The molecule has 1 N–H and O–H groups in total. The molecule has 0 radical (unpaired) electrons. The molecule has 0 saturated heterocycles. The van der Waals surface area contributed by atoms with Gasteiger partial charge >= 0.3 is 11.9 Å². The van der Waals surface area contributed by atoms with E-state index in [4.69, 9.17) is 9.47 Å². The van der Waals surface area contributed by atoms with Crippen molar-refractivity contribution in [1.82, 2.24) is 0 Å². The van der Waals surface area contributed by atoms with Crippen LogP contribution >= 0.6 is 0 Å². The second kappa shape index (κ2) is 8.47. The van der Waals surface area contributed by atoms with E-state index in [1.165, 1.54) is 0 Å². The van der Waals surface area contributed by atoms with Crippen molar-refractivity contribution in [2.75, 3.05) is 11.9 Å². The molecule has 6 nitrogen and oxygen atoms in total. The van der Waals surface area contributed by atoms with Gasteiger partial charge in [0.15, 0.2) is 6.61 Å². The van der Waals surface area contributed by atoms with Crippen LogP contribution < -0.4 is 5.32 Å². The number of hydrogen-bond donors (Lipinski definition) is 1. The topological polar surface area (TPSA) is 81.7 Å². The van der Waals surface area contributed by atoms with Crippen LogP contribution in [0.1, 0.15) is 51.4 Å². The van der Waals surface area contributed by atoms with Crippen LogP contribution in [0, 0.1) is 5.41 Å². The summed E-state index contributed by atoms with van der Waals surface area (Å²) < 4.78 is 10.0. The van der Waals surface area contributed by atoms with Gasteiger partial charge < -0.3 is 14.8 Å². The SMILES string of the molecule is CC(C)OC(=O)c1ccc(NC(=O)COC(=O)CC(C)(C)C)cc1. The lowest BCUT2D eigenvalue weighted by Crippen LogP contribution is -2.23. The fourth-order valence-corrected chi connectivity index (χ4v) is 1.80. The molecule has 0 bridgehead atoms. The van der Waals surface area contributed by atoms with Gasteiger partial charge in [-0.1, -0.05) is 20.8 Å². The van der Waals surface area contributed by atoms with E-state index in [1.54, 1.807) is 38.1 Å². The fourth-order valence-electron chi connectivity index (χ4n) is 1.80. The highest BCUT2D eigenvalue weighted by Gasteiger charge is 2.18. The highest BCUT2D eigenvalue weighted by Crippen LogP contribution is 2.18. The van der Waals surface area contributed by atoms with Crippen molar-refractivity contribution in [3.63, 3.8) is 0 Å². The van der Waals surface area contributed by atoms with Crippen LogP contribution in [0.4, 0.5) is 5.69 Å². The number of anilines is 1. The summed E-state index contributed by atoms with van der Waals surface area (Å²) in [6, 6.07) is 6.30. The molecule has 0 unspecified atom stereocenters. The van der Waals surface area contributed by atoms with Crippen LogP contribution in [-0.2, 0) is 19.1 Å². The highest BCUT2D eigenvalue weighted by molar-refractivity contribution is 5.94. The quantitative estimate of drug-likeness (QED) is 0.808. The van der Waals surface area contributed by atoms with E-state index in [9.17, 15) is 14.4 Å². The normalized spacial score (nSPS) is 11.1. The summed E-state index contributed by atoms with van der Waals surface area (Å²) in [5, 5.41) is 2.60. The van der Waals surface area contributed by atoms with E-state index in [-0.39, 0.29) is 24.5 Å². The number of hydrogen-bond acceptors (Lipinski definition) is 5. The van der Waals surface area contributed by atoms with Crippen molar-refractivity contribution in [2.24, 2.45) is 5.41 Å². The molecule has 0 spiro atoms. The molecule has 1 amide bonds. The van der Waals surface area contributed by atoms with Gasteiger partial charge in [0.25, 0.3) is 5.91 Å². The zero-order chi connectivity index (χ0) is 18.3. The predicted octanol–water partition coefficient (Wildman–Crippen LogP) is 3.17. The number of carbonyl (C=O) groups is 3. The number of rotatable bonds is 6. The molecular formula is C18H25NO5. The second-order valence-corrected chi connectivity index (χ2v) is 6.98. The van der Waals surface area contributed by atoms with Crippen molar-refractivity contribution in [3.8, 4) is 0 Å². The van der Waals surface area contributed by atoms with E-state index < -0.39 is 17.8 Å². The maximum atomic E-state index is 11.8. The van der Waals surface area contributed by atoms with E-state index in [1.807, 2.05) is 20.8 Å². The molecule has 0 aliphatic heterocycles. The minimum atomic E-state index is -0.435. The first-order valence-electron chi connectivity index (χ1n) is 7.83. The van der Waals surface area contributed by atoms with Gasteiger partial charge in [0.05, 0.1) is 18.1 Å². The average molecular weight is 335 g/mol. The van der Waals surface area contributed by atoms with Crippen LogP contribution in [0.3, 0.4) is 0 Å². The Morgan fingerprint density at radius 3 is 2.17 bits per heavy atom. The molecular weight excluding hydrogens is 310 g/mol. The van der Waals surface area contributed by atoms with Gasteiger partial charge in [-0.05, 0) is 43.5 Å². The third-order valence-electron chi connectivity index (χ3n) is 2.79. The zero-order valence-electron chi connectivity index (χ0n) is 14.8. The van der Waals surface area contributed by atoms with E-state index >= 15 is 0 Å². The Morgan fingerprint density at radius 1 is 1.08 bits per heavy atom. The lowest BCUT2D eigenvalue weighted by Gasteiger charge is -2.16. The maximum Gasteiger partial charge on any atom is 0.338 e. The standard InChI is InChI=1S/C18H25NO5/c1-12(2)24-17(22)13-6-8-14(9-7-13)19-15(20)11-23-16(21)10-18(3,4)5/h6-9,12H,10-11H2,1-5H3,(H,19,20). The van der Waals surface area contributed by atoms with Crippen molar-refractivity contribution in [2.45, 2.75) is 47.1 Å². The Hall–Kier alpha value is -2.37. The van der Waals surface area contributed by atoms with Crippen molar-refractivity contribution in [1.29, 1.82) is 0 Å². The summed E-state index contributed by atoms with van der Waals surface area (Å²) in [4.78, 5) is 35.0. The monoisotopic (exact) mass is 335 g/mol. The first-order chi connectivity index (χ1) is 11.1. The van der Waals surface area contributed by atoms with Crippen LogP contribution in [0.15, 0.2) is 24.3 Å². The molecule has 0 fully saturated rings. The van der Waals surface area contributed by atoms with Gasteiger partial charge in [-0.3, -0.25) is 9.59 Å². The molecule has 24 heavy (non-hydrogen) atoms. The number of esters is 2. The Labute approximate surface area is 142 Å². The lowest BCUT2D eigenvalue weighted by atomic mass is 9.92. The first-order valence-corrected chi connectivity index (χ1v) is 7.83. The van der Waals surface area contributed by atoms with Gasteiger partial charge in [0.1, 0.15) is 0 Å². The Bertz CT molecular complexity index is 584. The Balaban J connectivity index is 2.47. The number of nitrogens with one attached hydrogen (secondary N) is 1. The van der Waals surface area contributed by atoms with E-state index in [0.29, 0.717) is 11.3 Å². The van der Waals surface area contributed by atoms with Crippen LogP contribution in [0.2, 0.25) is 0 Å². The summed E-state index contributed by atoms with van der Waals surface area (Å²) in [6.45, 7) is 8.95. The maximum absolute atomic E-state index is 11.8. The van der Waals surface area contributed by atoms with E-state index in [2.05, 4.69) is 5.32 Å². The molecule has 1 rings (SSSR count). The van der Waals surface area contributed by atoms with Gasteiger partial charge in [0, 0.05) is 5.69 Å². The summed E-state index contributed by atoms with van der Waals surface area (Å²) in [5.74, 6) is -1.27. The third-order valence-corrected chi connectivity index (χ3v) is 2.79. The number of benzene rings is 1. The molecule has 0 aliphatic carbocycles. The molecule has 6 heteroatoms. The molecule has 0 heterocycles. The number of ether oxygens (including phenoxy) is 2. The van der Waals surface area contributed by atoms with Crippen LogP contribution in [0.25, 0.3) is 0 Å². The zero-order valence-corrected chi connectivity index (χ0v) is 14.8. The highest BCUT2D eigenvalue weighted by atomic mass is 16.5. The molecule has 0 aromatic heterocycles. The van der Waals surface area contributed by atoms with Crippen LogP contribution in [-0.4, -0.2) is 30.6 Å². The minimum Gasteiger partial charge on any atom is -0.459 e. The number of amides is 1. The molecule has 0 saturated carbocycles. The molecule has 0 atom stereocenters. The van der Waals surface area contributed by atoms with Gasteiger partial charge in [-0.2, -0.15) is 0 Å². The summed E-state index contributed by atoms with van der Waals surface area (Å²) in [7, 11) is 0. The summed E-state index contributed by atoms with van der Waals surface area (Å²) >= 11 is 0. The van der Waals surface area contributed by atoms with Crippen molar-refractivity contribution < 1.29 is 23.9 Å². The van der Waals surface area contributed by atoms with Gasteiger partial charge in [-0.25, -0.2) is 4.79 Å². The Morgan fingerprint density at radius 2 is 1.67 bits per heavy atom. The van der Waals surface area contributed by atoms with Gasteiger partial charge in [-0.15, -0.1) is 0 Å². The second-order valence-electron chi connectivity index (χ2n) is 6.98. The predicted molar refractivity (Wildman–Crippen MR) is 90.7 cm³/mol. The fraction of sp³-hybridized carbons (Fsp3) is 0.500. The third kappa shape index (κ3) is 7.76. The average Bonchev–Trinajstić information content (AvgIpc) is 2.43. The molecule has 132 valence electrons. The molecule has 1 aromatic carbocycles. The summed E-state index contributed by atoms with van der Waals surface area (Å²) in [5.41, 5.74) is 0.722.